The van der Waals surface area contributed by atoms with Crippen LogP contribution >= 0.6 is 0 Å². The number of likely N-dealkylation sites (tertiary alicyclic amines) is 2. The van der Waals surface area contributed by atoms with Gasteiger partial charge in [-0.15, -0.1) is 0 Å². The van der Waals surface area contributed by atoms with Gasteiger partial charge in [0.05, 0.1) is 97.9 Å². The number of aliphatic hydroxyl groups excluding tert-OH is 3. The number of nitrogens with two attached hydrogens (primary N) is 3. The van der Waals surface area contributed by atoms with Crippen molar-refractivity contribution in [1.29, 1.82) is 0 Å². The lowest BCUT2D eigenvalue weighted by Crippen LogP contribution is -2.43. The molecule has 12 heterocycles. The highest BCUT2D eigenvalue weighted by Gasteiger charge is 2.32. The lowest BCUT2D eigenvalue weighted by atomic mass is 9.97. The Kier molecular flexibility index (Phi) is 25.6. The molecule has 6 aromatic carbocycles. The Hall–Kier alpha value is -13.5. The van der Waals surface area contributed by atoms with Crippen molar-refractivity contribution in [3.05, 3.63) is 281 Å². The fraction of sp³-hybridized carbons (Fsp3) is 0.364. The molecule has 133 heavy (non-hydrogen) atoms. The molecule has 3 aliphatic carbocycles. The number of pyridine rings is 3. The monoisotopic (exact) mass is 1800 g/mol. The lowest BCUT2D eigenvalue weighted by molar-refractivity contribution is 0.0162. The molecule has 3 aliphatic heterocycles. The van der Waals surface area contributed by atoms with Crippen molar-refractivity contribution in [2.45, 2.75) is 166 Å². The predicted molar refractivity (Wildman–Crippen MR) is 499 cm³/mol. The zero-order valence-corrected chi connectivity index (χ0v) is 74.4. The van der Waals surface area contributed by atoms with E-state index in [0.717, 1.165) is 157 Å². The molecule has 0 bridgehead atoms. The van der Waals surface area contributed by atoms with E-state index in [9.17, 15) is 29.7 Å². The second-order valence-electron chi connectivity index (χ2n) is 36.0. The summed E-state index contributed by atoms with van der Waals surface area (Å²) in [5, 5.41) is 47.0. The largest absolute Gasteiger partial charge is 0.392 e. The summed E-state index contributed by atoms with van der Waals surface area (Å²) in [6.45, 7) is 10.1. The highest BCUT2D eigenvalue weighted by molar-refractivity contribution is 5.86. The summed E-state index contributed by atoms with van der Waals surface area (Å²) >= 11 is 0. The van der Waals surface area contributed by atoms with E-state index in [1.165, 1.54) is 44.7 Å². The quantitative estimate of drug-likeness (QED) is 0.0309. The first-order valence-electron chi connectivity index (χ1n) is 45.6. The average Bonchev–Trinajstić information content (AvgIpc) is 1.44. The summed E-state index contributed by atoms with van der Waals surface area (Å²) in [5.41, 5.74) is 26.5. The van der Waals surface area contributed by atoms with Gasteiger partial charge in [0.2, 0.25) is 17.8 Å². The molecule has 0 amide bonds. The Morgan fingerprint density at radius 2 is 0.812 bits per heavy atom. The molecule has 0 radical (unpaired) electrons. The summed E-state index contributed by atoms with van der Waals surface area (Å²) in [4.78, 5) is 88.2. The third-order valence-corrected chi connectivity index (χ3v) is 26.5. The number of morpholine rings is 1. The molecule has 6 aliphatic rings. The SMILES string of the molecule is CC(Cn1cc(Cc2nc(N)nc(-c3cccc(-n4ccc5cc(C6CC6)cc(F)c5c4=O)c3CO)n2)cn1)N1CCOCC1.CN1CCC(Cn2cc(Cc3nc(N)nc(-c4cccc(-n5ccc6cc(C7CC7)cc(F)c6c5=O)c4CO)n3)cn2)CC1.CN1CCCCC1Cn1cc(Cc2nc(N)nc(-c3cccc(-n4ccc5cc(C6CC6)cc(F)c5c4=O)c3CO)n2)cn1. The third kappa shape index (κ3) is 19.6. The van der Waals surface area contributed by atoms with E-state index in [2.05, 4.69) is 85.9 Å². The van der Waals surface area contributed by atoms with E-state index in [-0.39, 0.29) is 51.5 Å². The molecule has 15 aromatic rings. The van der Waals surface area contributed by atoms with Crippen LogP contribution < -0.4 is 33.9 Å². The Balaban J connectivity index is 0.000000129. The summed E-state index contributed by atoms with van der Waals surface area (Å²) in [6.07, 6.45) is 29.7. The van der Waals surface area contributed by atoms with Crippen LogP contribution in [-0.4, -0.2) is 190 Å². The molecular weight excluding hydrogens is 1690 g/mol. The predicted octanol–water partition coefficient (Wildman–Crippen LogP) is 11.7. The van der Waals surface area contributed by atoms with Crippen molar-refractivity contribution in [3.63, 3.8) is 0 Å². The van der Waals surface area contributed by atoms with E-state index in [4.69, 9.17) is 31.9 Å². The number of aromatic nitrogens is 18. The molecule has 3 saturated carbocycles. The molecule has 6 fully saturated rings. The van der Waals surface area contributed by atoms with Crippen molar-refractivity contribution in [3.8, 4) is 51.2 Å². The molecule has 21 rings (SSSR count). The van der Waals surface area contributed by atoms with E-state index in [1.54, 1.807) is 97.6 Å². The Morgan fingerprint density at radius 3 is 1.19 bits per heavy atom. The standard InChI is InChI=1S/C33H35FN8O3.2C33H35FN8O2/c1-20(40-9-11-45-12-10-40)17-41-18-21(16-36-41)13-29-37-31(39-33(35)38-29)25-3-2-4-28(26(25)19-43)42-8-7-23-14-24(22-5-6-22)15-27(34)30(23)32(42)44;1-40-11-3-2-5-24(40)18-41-17-20(16-36-41)13-29-37-31(39-33(35)38-29)25-6-4-7-28(26(25)19-43)42-12-10-22-14-23(21-8-9-21)15-27(34)30(22)32(42)44;1-40-10-7-20(8-11-40)17-41-18-21(16-36-41)13-29-37-31(39-33(35)38-29)25-3-2-4-28(26(25)19-43)42-12-9-23-14-24(22-5-6-22)15-27(34)30(23)32(42)44/h2-4,7-8,14-16,18,20,22,43H,5-6,9-13,17,19H2,1H3,(H2,35,37,38,39);4,6-7,10,12,14-17,21,24,43H,2-3,5,8-9,11,13,18-19H2,1H3,(H2,35,37,38,39);2-4,9,12,14-16,18,20,22,43H,5-8,10-11,13,17,19H2,1H3,(H2,35,37,38,39). The number of piperidine rings is 2. The van der Waals surface area contributed by atoms with Crippen LogP contribution in [0.3, 0.4) is 0 Å². The maximum atomic E-state index is 15.2. The van der Waals surface area contributed by atoms with Gasteiger partial charge < -0.3 is 47.1 Å². The lowest BCUT2D eigenvalue weighted by Gasteiger charge is -2.32. The van der Waals surface area contributed by atoms with Crippen molar-refractivity contribution in [1.82, 2.24) is 103 Å². The van der Waals surface area contributed by atoms with Crippen LogP contribution in [0.15, 0.2) is 179 Å². The van der Waals surface area contributed by atoms with Gasteiger partial charge >= 0.3 is 0 Å². The minimum atomic E-state index is -0.538. The van der Waals surface area contributed by atoms with Gasteiger partial charge in [-0.2, -0.15) is 45.2 Å². The Bertz CT molecular complexity index is 7070. The maximum Gasteiger partial charge on any atom is 0.265 e. The van der Waals surface area contributed by atoms with Gasteiger partial charge in [0, 0.05) is 122 Å². The number of hydrogen-bond donors (Lipinski definition) is 6. The van der Waals surface area contributed by atoms with Crippen LogP contribution in [0.2, 0.25) is 0 Å². The van der Waals surface area contributed by atoms with E-state index in [0.29, 0.717) is 139 Å². The molecular formula is C99H105F3N24O7. The van der Waals surface area contributed by atoms with Gasteiger partial charge in [-0.25, -0.2) is 28.1 Å². The summed E-state index contributed by atoms with van der Waals surface area (Å²) in [6, 6.07) is 31.8. The first-order valence-corrected chi connectivity index (χ1v) is 45.6. The number of hydrogen-bond acceptors (Lipinski definition) is 25. The summed E-state index contributed by atoms with van der Waals surface area (Å²) in [7, 11) is 4.32. The number of ether oxygens (including phenoxy) is 1. The fourth-order valence-corrected chi connectivity index (χ4v) is 18.9. The van der Waals surface area contributed by atoms with Gasteiger partial charge in [-0.1, -0.05) is 61.0 Å². The molecule has 3 saturated heterocycles. The highest BCUT2D eigenvalue weighted by Crippen LogP contribution is 2.44. The highest BCUT2D eigenvalue weighted by atomic mass is 19.1. The number of likely N-dealkylation sites (N-methyl/N-ethyl adjacent to an activating group) is 1. The van der Waals surface area contributed by atoms with Crippen LogP contribution in [0.5, 0.6) is 0 Å². The molecule has 684 valence electrons. The number of rotatable bonds is 25. The van der Waals surface area contributed by atoms with Crippen LogP contribution in [0.4, 0.5) is 31.0 Å². The molecule has 0 spiro atoms. The molecule has 2 unspecified atom stereocenters. The average molecular weight is 1800 g/mol. The maximum absolute atomic E-state index is 15.2. The topological polar surface area (TPSA) is 393 Å². The summed E-state index contributed by atoms with van der Waals surface area (Å²) in [5.74, 6) is 2.45. The molecule has 34 heteroatoms. The molecule has 31 nitrogen and oxygen atoms in total. The molecule has 2 atom stereocenters. The number of anilines is 3. The van der Waals surface area contributed by atoms with Crippen molar-refractivity contribution in [2.24, 2.45) is 5.92 Å². The molecule has 9 N–H and O–H groups in total. The number of nitrogens with zero attached hydrogens (tertiary/aromatic N) is 21. The molecule has 9 aromatic heterocycles. The fourth-order valence-electron chi connectivity index (χ4n) is 18.9. The zero-order chi connectivity index (χ0) is 91.8. The smallest absolute Gasteiger partial charge is 0.265 e. The summed E-state index contributed by atoms with van der Waals surface area (Å²) < 4.78 is 61.1. The van der Waals surface area contributed by atoms with Crippen LogP contribution in [-0.2, 0) is 63.5 Å². The number of aliphatic hydroxyl groups is 3. The Labute approximate surface area is 763 Å². The first kappa shape index (κ1) is 88.8. The van der Waals surface area contributed by atoms with Gasteiger partial charge in [0.25, 0.3) is 16.7 Å². The van der Waals surface area contributed by atoms with Gasteiger partial charge in [0.15, 0.2) is 17.5 Å². The van der Waals surface area contributed by atoms with E-state index < -0.39 is 54.0 Å². The third-order valence-electron chi connectivity index (χ3n) is 26.5. The minimum Gasteiger partial charge on any atom is -0.392 e. The second kappa shape index (κ2) is 38.4. The van der Waals surface area contributed by atoms with E-state index >= 15 is 13.2 Å². The van der Waals surface area contributed by atoms with Crippen LogP contribution in [0, 0.1) is 23.4 Å². The van der Waals surface area contributed by atoms with Gasteiger partial charge in [0.1, 0.15) is 34.9 Å². The minimum absolute atomic E-state index is 0.0165. The zero-order valence-electron chi connectivity index (χ0n) is 74.4. The second-order valence-corrected chi connectivity index (χ2v) is 36.0. The first-order chi connectivity index (χ1) is 64.6. The van der Waals surface area contributed by atoms with Crippen molar-refractivity contribution >= 4 is 50.2 Å². The van der Waals surface area contributed by atoms with E-state index in [1.807, 2.05) is 63.2 Å². The van der Waals surface area contributed by atoms with Gasteiger partial charge in [-0.05, 0) is 233 Å². The van der Waals surface area contributed by atoms with Crippen molar-refractivity contribution in [2.75, 3.05) is 77.2 Å². The number of benzene rings is 6. The number of nitrogen functional groups attached to an aromatic ring is 3. The number of halogens is 3. The van der Waals surface area contributed by atoms with Gasteiger partial charge in [-0.3, -0.25) is 47.0 Å². The Morgan fingerprint density at radius 1 is 0.436 bits per heavy atom. The van der Waals surface area contributed by atoms with Crippen molar-refractivity contribution < 1.29 is 33.2 Å². The normalized spacial score (nSPS) is 16.6. The van der Waals surface area contributed by atoms with Crippen LogP contribution in [0.1, 0.15) is 163 Å². The van der Waals surface area contributed by atoms with Crippen LogP contribution in [0.25, 0.3) is 83.5 Å². The number of fused-ring (bicyclic) bond motifs is 3.